The lowest BCUT2D eigenvalue weighted by Gasteiger charge is -2.21. The average Bonchev–Trinajstić information content (AvgIpc) is 3.35. The number of nitrogens with one attached hydrogen (secondary N) is 1. The largest absolute Gasteiger partial charge is 0.387 e. The first kappa shape index (κ1) is 14.3. The van der Waals surface area contributed by atoms with E-state index in [9.17, 15) is 5.11 Å². The number of rotatable bonds is 6. The molecule has 0 radical (unpaired) electrons. The van der Waals surface area contributed by atoms with Gasteiger partial charge < -0.3 is 10.4 Å². The molecule has 2 N–H and O–H groups in total. The van der Waals surface area contributed by atoms with Crippen molar-refractivity contribution in [1.29, 1.82) is 0 Å². The summed E-state index contributed by atoms with van der Waals surface area (Å²) in [5, 5.41) is 13.9. The summed E-state index contributed by atoms with van der Waals surface area (Å²) >= 11 is 0. The summed E-state index contributed by atoms with van der Waals surface area (Å²) in [4.78, 5) is 0. The lowest BCUT2D eigenvalue weighted by molar-refractivity contribution is 0.168. The van der Waals surface area contributed by atoms with Crippen molar-refractivity contribution in [1.82, 2.24) is 5.32 Å². The molecule has 0 bridgehead atoms. The van der Waals surface area contributed by atoms with Gasteiger partial charge in [0, 0.05) is 12.6 Å². The van der Waals surface area contributed by atoms with Crippen LogP contribution in [0.4, 0.5) is 0 Å². The van der Waals surface area contributed by atoms with Crippen LogP contribution in [-0.2, 0) is 0 Å². The molecule has 2 aromatic rings. The summed E-state index contributed by atoms with van der Waals surface area (Å²) in [5.41, 5.74) is 3.60. The highest BCUT2D eigenvalue weighted by molar-refractivity contribution is 5.26. The lowest BCUT2D eigenvalue weighted by atomic mass is 10.0. The van der Waals surface area contributed by atoms with E-state index in [4.69, 9.17) is 0 Å². The van der Waals surface area contributed by atoms with Crippen LogP contribution in [0.15, 0.2) is 54.6 Å². The number of aliphatic hydroxyl groups is 1. The van der Waals surface area contributed by atoms with E-state index in [1.54, 1.807) is 0 Å². The second kappa shape index (κ2) is 6.42. The molecule has 1 fully saturated rings. The smallest absolute Gasteiger partial charge is 0.0914 e. The molecule has 1 aliphatic rings. The highest BCUT2D eigenvalue weighted by atomic mass is 16.3. The van der Waals surface area contributed by atoms with Gasteiger partial charge in [-0.2, -0.15) is 0 Å². The molecule has 0 heterocycles. The minimum Gasteiger partial charge on any atom is -0.387 e. The maximum atomic E-state index is 10.3. The Morgan fingerprint density at radius 2 is 1.67 bits per heavy atom. The van der Waals surface area contributed by atoms with Crippen LogP contribution in [0.1, 0.15) is 41.7 Å². The number of benzene rings is 2. The van der Waals surface area contributed by atoms with Gasteiger partial charge in [0.15, 0.2) is 0 Å². The number of aryl methyl sites for hydroxylation is 1. The Bertz CT molecular complexity index is 560. The molecule has 2 nitrogen and oxygen atoms in total. The number of aliphatic hydroxyl groups excluding tert-OH is 1. The van der Waals surface area contributed by atoms with Gasteiger partial charge in [-0.05, 0) is 36.8 Å². The van der Waals surface area contributed by atoms with Crippen molar-refractivity contribution in [3.05, 3.63) is 71.3 Å². The normalized spacial score (nSPS) is 17.4. The van der Waals surface area contributed by atoms with Gasteiger partial charge in [-0.15, -0.1) is 0 Å². The zero-order valence-corrected chi connectivity index (χ0v) is 12.5. The molecule has 1 saturated carbocycles. The van der Waals surface area contributed by atoms with Crippen LogP contribution < -0.4 is 5.32 Å². The molecular weight excluding hydrogens is 258 g/mol. The molecular formula is C19H23NO. The van der Waals surface area contributed by atoms with Gasteiger partial charge in [-0.25, -0.2) is 0 Å². The second-order valence-electron chi connectivity index (χ2n) is 6.06. The topological polar surface area (TPSA) is 32.3 Å². The molecule has 0 spiro atoms. The Morgan fingerprint density at radius 1 is 1.00 bits per heavy atom. The Morgan fingerprint density at radius 3 is 2.29 bits per heavy atom. The van der Waals surface area contributed by atoms with E-state index in [1.807, 2.05) is 30.3 Å². The Labute approximate surface area is 126 Å². The highest BCUT2D eigenvalue weighted by Crippen LogP contribution is 2.41. The fourth-order valence-electron chi connectivity index (χ4n) is 2.79. The van der Waals surface area contributed by atoms with E-state index >= 15 is 0 Å². The fourth-order valence-corrected chi connectivity index (χ4v) is 2.79. The van der Waals surface area contributed by atoms with Crippen LogP contribution >= 0.6 is 0 Å². The summed E-state index contributed by atoms with van der Waals surface area (Å²) < 4.78 is 0. The minimum absolute atomic E-state index is 0.365. The highest BCUT2D eigenvalue weighted by Gasteiger charge is 2.32. The summed E-state index contributed by atoms with van der Waals surface area (Å²) in [5.74, 6) is 0.718. The third-order valence-electron chi connectivity index (χ3n) is 4.25. The molecule has 1 aliphatic carbocycles. The molecule has 21 heavy (non-hydrogen) atoms. The Hall–Kier alpha value is -1.64. The van der Waals surface area contributed by atoms with E-state index < -0.39 is 6.10 Å². The average molecular weight is 281 g/mol. The summed E-state index contributed by atoms with van der Waals surface area (Å²) in [6.45, 7) is 2.71. The molecule has 0 saturated heterocycles. The molecule has 2 atom stereocenters. The standard InChI is InChI=1S/C19H23NO/c1-14-7-9-16(10-8-14)19(17-11-12-17)20-13-18(21)15-5-3-2-4-6-15/h2-10,17-21H,11-13H2,1H3. The molecule has 2 aromatic carbocycles. The van der Waals surface area contributed by atoms with Crippen LogP contribution in [0.5, 0.6) is 0 Å². The van der Waals surface area contributed by atoms with Gasteiger partial charge in [0.05, 0.1) is 6.10 Å². The van der Waals surface area contributed by atoms with Crippen LogP contribution in [0.3, 0.4) is 0 Å². The summed E-state index contributed by atoms with van der Waals surface area (Å²) in [6, 6.07) is 19.0. The Kier molecular flexibility index (Phi) is 4.37. The summed E-state index contributed by atoms with van der Waals surface area (Å²) in [6.07, 6.45) is 2.12. The maximum absolute atomic E-state index is 10.3. The van der Waals surface area contributed by atoms with Gasteiger partial charge >= 0.3 is 0 Å². The molecule has 0 aromatic heterocycles. The predicted octanol–water partition coefficient (Wildman–Crippen LogP) is 3.77. The zero-order valence-electron chi connectivity index (χ0n) is 12.5. The molecule has 2 heteroatoms. The van der Waals surface area contributed by atoms with Gasteiger partial charge in [0.25, 0.3) is 0 Å². The fraction of sp³-hybridized carbons (Fsp3) is 0.368. The van der Waals surface area contributed by atoms with Crippen molar-refractivity contribution < 1.29 is 5.11 Å². The van der Waals surface area contributed by atoms with Gasteiger partial charge in [0.2, 0.25) is 0 Å². The molecule has 0 aliphatic heterocycles. The first-order chi connectivity index (χ1) is 10.2. The van der Waals surface area contributed by atoms with Crippen LogP contribution in [0.2, 0.25) is 0 Å². The van der Waals surface area contributed by atoms with E-state index in [0.717, 1.165) is 11.5 Å². The second-order valence-corrected chi connectivity index (χ2v) is 6.06. The quantitative estimate of drug-likeness (QED) is 0.845. The third-order valence-corrected chi connectivity index (χ3v) is 4.25. The van der Waals surface area contributed by atoms with Crippen molar-refractivity contribution in [3.63, 3.8) is 0 Å². The Balaban J connectivity index is 1.65. The van der Waals surface area contributed by atoms with E-state index in [-0.39, 0.29) is 0 Å². The molecule has 110 valence electrons. The minimum atomic E-state index is -0.446. The molecule has 3 rings (SSSR count). The van der Waals surface area contributed by atoms with E-state index in [0.29, 0.717) is 12.6 Å². The monoisotopic (exact) mass is 281 g/mol. The van der Waals surface area contributed by atoms with E-state index in [1.165, 1.54) is 24.0 Å². The van der Waals surface area contributed by atoms with Crippen molar-refractivity contribution in [2.24, 2.45) is 5.92 Å². The maximum Gasteiger partial charge on any atom is 0.0914 e. The van der Waals surface area contributed by atoms with Gasteiger partial charge in [-0.3, -0.25) is 0 Å². The zero-order chi connectivity index (χ0) is 14.7. The van der Waals surface area contributed by atoms with Crippen molar-refractivity contribution in [3.8, 4) is 0 Å². The summed E-state index contributed by atoms with van der Waals surface area (Å²) in [7, 11) is 0. The van der Waals surface area contributed by atoms with Crippen molar-refractivity contribution in [2.45, 2.75) is 31.9 Å². The van der Waals surface area contributed by atoms with Crippen LogP contribution in [0, 0.1) is 12.8 Å². The van der Waals surface area contributed by atoms with E-state index in [2.05, 4.69) is 36.5 Å². The predicted molar refractivity (Wildman–Crippen MR) is 86.0 cm³/mol. The van der Waals surface area contributed by atoms with Crippen LogP contribution in [-0.4, -0.2) is 11.7 Å². The van der Waals surface area contributed by atoms with Crippen molar-refractivity contribution in [2.75, 3.05) is 6.54 Å². The van der Waals surface area contributed by atoms with Crippen molar-refractivity contribution >= 4 is 0 Å². The number of hydrogen-bond acceptors (Lipinski definition) is 2. The lowest BCUT2D eigenvalue weighted by Crippen LogP contribution is -2.27. The first-order valence-corrected chi connectivity index (χ1v) is 7.77. The molecule has 0 amide bonds. The first-order valence-electron chi connectivity index (χ1n) is 7.77. The number of hydrogen-bond donors (Lipinski definition) is 2. The van der Waals surface area contributed by atoms with Crippen LogP contribution in [0.25, 0.3) is 0 Å². The van der Waals surface area contributed by atoms with Gasteiger partial charge in [-0.1, -0.05) is 60.2 Å². The van der Waals surface area contributed by atoms with Gasteiger partial charge in [0.1, 0.15) is 0 Å². The SMILES string of the molecule is Cc1ccc(C(NCC(O)c2ccccc2)C2CC2)cc1. The third kappa shape index (κ3) is 3.72. The molecule has 2 unspecified atom stereocenters.